The molecule has 1 saturated carbocycles. The van der Waals surface area contributed by atoms with Gasteiger partial charge in [-0.3, -0.25) is 0 Å². The summed E-state index contributed by atoms with van der Waals surface area (Å²) < 4.78 is 11.3. The largest absolute Gasteiger partial charge is 0.345 e. The molecule has 0 aromatic heterocycles. The average Bonchev–Trinajstić information content (AvgIpc) is 2.75. The van der Waals surface area contributed by atoms with E-state index in [0.29, 0.717) is 25.0 Å². The lowest BCUT2D eigenvalue weighted by molar-refractivity contribution is -0.170. The number of fused-ring (bicyclic) bond motifs is 3. The van der Waals surface area contributed by atoms with Crippen molar-refractivity contribution in [1.82, 2.24) is 0 Å². The highest BCUT2D eigenvalue weighted by molar-refractivity contribution is 6.22. The van der Waals surface area contributed by atoms with Crippen LogP contribution in [-0.4, -0.2) is 24.4 Å². The maximum Gasteiger partial charge on any atom is 0.191 e. The minimum atomic E-state index is -0.457. The molecule has 1 aliphatic heterocycles. The van der Waals surface area contributed by atoms with Crippen molar-refractivity contribution in [2.75, 3.05) is 13.2 Å². The van der Waals surface area contributed by atoms with Gasteiger partial charge in [-0.1, -0.05) is 12.2 Å². The van der Waals surface area contributed by atoms with Crippen molar-refractivity contribution in [3.8, 4) is 0 Å². The molecule has 0 aromatic carbocycles. The van der Waals surface area contributed by atoms with Crippen molar-refractivity contribution in [3.05, 3.63) is 12.2 Å². The molecule has 3 rings (SSSR count). The van der Waals surface area contributed by atoms with E-state index in [1.54, 1.807) is 0 Å². The molecular weight excluding hydrogens is 176 g/mol. The number of alkyl halides is 1. The highest BCUT2D eigenvalue weighted by Crippen LogP contribution is 2.53. The summed E-state index contributed by atoms with van der Waals surface area (Å²) in [6, 6.07) is 0. The van der Waals surface area contributed by atoms with Gasteiger partial charge >= 0.3 is 0 Å². The lowest BCUT2D eigenvalue weighted by Gasteiger charge is -2.32. The Bertz CT molecular complexity index is 233. The third-order valence-electron chi connectivity index (χ3n) is 3.13. The number of halogens is 1. The van der Waals surface area contributed by atoms with E-state index >= 15 is 0 Å². The minimum Gasteiger partial charge on any atom is -0.345 e. The molecule has 0 unspecified atom stereocenters. The van der Waals surface area contributed by atoms with Crippen molar-refractivity contribution in [2.24, 2.45) is 11.8 Å². The van der Waals surface area contributed by atoms with Gasteiger partial charge in [0.15, 0.2) is 5.79 Å². The Morgan fingerprint density at radius 1 is 1.25 bits per heavy atom. The molecule has 66 valence electrons. The molecule has 0 amide bonds. The van der Waals surface area contributed by atoms with Gasteiger partial charge in [-0.15, -0.1) is 11.6 Å². The minimum absolute atomic E-state index is 0.0231. The van der Waals surface area contributed by atoms with E-state index < -0.39 is 5.79 Å². The highest BCUT2D eigenvalue weighted by Gasteiger charge is 2.59. The lowest BCUT2D eigenvalue weighted by Crippen LogP contribution is -2.43. The topological polar surface area (TPSA) is 18.5 Å². The van der Waals surface area contributed by atoms with Crippen LogP contribution in [0.25, 0.3) is 0 Å². The first kappa shape index (κ1) is 7.36. The Labute approximate surface area is 76.5 Å². The molecule has 2 fully saturated rings. The number of allylic oxidation sites excluding steroid dienone is 1. The Hall–Kier alpha value is -0.0500. The van der Waals surface area contributed by atoms with Crippen LogP contribution in [0.15, 0.2) is 12.2 Å². The summed E-state index contributed by atoms with van der Waals surface area (Å²) in [5.74, 6) is 0.406. The van der Waals surface area contributed by atoms with Crippen LogP contribution in [0.4, 0.5) is 0 Å². The fraction of sp³-hybridized carbons (Fsp3) is 0.778. The number of hydrogen-bond donors (Lipinski definition) is 0. The Kier molecular flexibility index (Phi) is 1.38. The SMILES string of the molecule is Cl[C@H]1[C@H]2C=C[C@@H](C2)C12OCCO2. The predicted octanol–water partition coefficient (Wildman–Crippen LogP) is 1.54. The van der Waals surface area contributed by atoms with E-state index in [1.807, 2.05) is 0 Å². The molecule has 0 radical (unpaired) electrons. The van der Waals surface area contributed by atoms with Gasteiger partial charge in [0.25, 0.3) is 0 Å². The van der Waals surface area contributed by atoms with Gasteiger partial charge in [-0.25, -0.2) is 0 Å². The first-order chi connectivity index (χ1) is 5.83. The Morgan fingerprint density at radius 3 is 2.58 bits per heavy atom. The van der Waals surface area contributed by atoms with Crippen LogP contribution >= 0.6 is 11.6 Å². The summed E-state index contributed by atoms with van der Waals surface area (Å²) in [5, 5.41) is 0.0231. The van der Waals surface area contributed by atoms with Crippen molar-refractivity contribution >= 4 is 11.6 Å². The fourth-order valence-electron chi connectivity index (χ4n) is 2.56. The van der Waals surface area contributed by atoms with Gasteiger partial charge in [0, 0.05) is 5.92 Å². The zero-order valence-electron chi connectivity index (χ0n) is 6.70. The van der Waals surface area contributed by atoms with Gasteiger partial charge < -0.3 is 9.47 Å². The second-order valence-electron chi connectivity index (χ2n) is 3.71. The predicted molar refractivity (Wildman–Crippen MR) is 45.0 cm³/mol. The molecule has 0 N–H and O–H groups in total. The third-order valence-corrected chi connectivity index (χ3v) is 3.76. The summed E-state index contributed by atoms with van der Waals surface area (Å²) in [4.78, 5) is 0. The molecule has 2 bridgehead atoms. The molecule has 2 nitrogen and oxygen atoms in total. The van der Waals surface area contributed by atoms with E-state index in [4.69, 9.17) is 21.1 Å². The molecule has 1 saturated heterocycles. The number of hydrogen-bond acceptors (Lipinski definition) is 2. The van der Waals surface area contributed by atoms with Crippen molar-refractivity contribution in [1.29, 1.82) is 0 Å². The standard InChI is InChI=1S/C9H11ClO2/c10-8-6-1-2-7(5-6)9(8)11-3-4-12-9/h1-2,6-8H,3-5H2/t6-,7-,8-/m0/s1. The molecule has 0 aromatic rings. The lowest BCUT2D eigenvalue weighted by atomic mass is 10.00. The average molecular weight is 187 g/mol. The summed E-state index contributed by atoms with van der Waals surface area (Å²) in [7, 11) is 0. The maximum absolute atomic E-state index is 6.27. The fourth-order valence-corrected chi connectivity index (χ4v) is 3.04. The van der Waals surface area contributed by atoms with Crippen LogP contribution in [0.5, 0.6) is 0 Å². The maximum atomic E-state index is 6.27. The quantitative estimate of drug-likeness (QED) is 0.422. The molecule has 3 atom stereocenters. The highest BCUT2D eigenvalue weighted by atomic mass is 35.5. The van der Waals surface area contributed by atoms with Gasteiger partial charge in [-0.05, 0) is 12.3 Å². The van der Waals surface area contributed by atoms with Gasteiger partial charge in [0.1, 0.15) is 0 Å². The number of ether oxygens (including phenoxy) is 2. The van der Waals surface area contributed by atoms with E-state index in [9.17, 15) is 0 Å². The van der Waals surface area contributed by atoms with Crippen LogP contribution in [0, 0.1) is 11.8 Å². The summed E-state index contributed by atoms with van der Waals surface area (Å²) in [6.07, 6.45) is 5.49. The van der Waals surface area contributed by atoms with Crippen LogP contribution in [-0.2, 0) is 9.47 Å². The zero-order valence-corrected chi connectivity index (χ0v) is 7.46. The molecule has 1 heterocycles. The molecule has 3 aliphatic rings. The van der Waals surface area contributed by atoms with Crippen LogP contribution in [0.3, 0.4) is 0 Å². The van der Waals surface area contributed by atoms with E-state index in [-0.39, 0.29) is 5.38 Å². The van der Waals surface area contributed by atoms with Gasteiger partial charge in [0.2, 0.25) is 0 Å². The van der Waals surface area contributed by atoms with Gasteiger partial charge in [0.05, 0.1) is 18.6 Å². The summed E-state index contributed by atoms with van der Waals surface area (Å²) in [6.45, 7) is 1.39. The van der Waals surface area contributed by atoms with E-state index in [0.717, 1.165) is 6.42 Å². The molecule has 2 aliphatic carbocycles. The van der Waals surface area contributed by atoms with Crippen LogP contribution in [0.2, 0.25) is 0 Å². The van der Waals surface area contributed by atoms with Crippen molar-refractivity contribution in [3.63, 3.8) is 0 Å². The van der Waals surface area contributed by atoms with Crippen molar-refractivity contribution in [2.45, 2.75) is 17.6 Å². The molecular formula is C9H11ClO2. The van der Waals surface area contributed by atoms with Crippen molar-refractivity contribution < 1.29 is 9.47 Å². The monoisotopic (exact) mass is 186 g/mol. The normalized spacial score (nSPS) is 47.9. The first-order valence-corrected chi connectivity index (χ1v) is 4.87. The Morgan fingerprint density at radius 2 is 2.00 bits per heavy atom. The van der Waals surface area contributed by atoms with Gasteiger partial charge in [-0.2, -0.15) is 0 Å². The van der Waals surface area contributed by atoms with Crippen LogP contribution in [0.1, 0.15) is 6.42 Å². The van der Waals surface area contributed by atoms with E-state index in [1.165, 1.54) is 0 Å². The molecule has 3 heteroatoms. The Balaban J connectivity index is 2.00. The molecule has 12 heavy (non-hydrogen) atoms. The summed E-state index contributed by atoms with van der Waals surface area (Å²) in [5.41, 5.74) is 0. The third kappa shape index (κ3) is 0.691. The summed E-state index contributed by atoms with van der Waals surface area (Å²) >= 11 is 6.27. The smallest absolute Gasteiger partial charge is 0.191 e. The second kappa shape index (κ2) is 2.25. The van der Waals surface area contributed by atoms with Crippen LogP contribution < -0.4 is 0 Å². The number of rotatable bonds is 0. The molecule has 1 spiro atoms. The zero-order chi connectivity index (χ0) is 8.18. The second-order valence-corrected chi connectivity index (χ2v) is 4.18. The first-order valence-electron chi connectivity index (χ1n) is 4.43. The van der Waals surface area contributed by atoms with E-state index in [2.05, 4.69) is 12.2 Å².